The van der Waals surface area contributed by atoms with Crippen molar-refractivity contribution < 1.29 is 4.79 Å². The molecule has 4 rings (SSSR count). The number of aromatic nitrogens is 2. The lowest BCUT2D eigenvalue weighted by atomic mass is 10.1. The number of thioether (sulfide) groups is 1. The molecule has 1 aromatic heterocycles. The van der Waals surface area contributed by atoms with Crippen molar-refractivity contribution in [1.29, 1.82) is 0 Å². The van der Waals surface area contributed by atoms with Crippen molar-refractivity contribution in [3.63, 3.8) is 0 Å². The van der Waals surface area contributed by atoms with Crippen LogP contribution in [0.15, 0.2) is 52.4 Å². The first-order chi connectivity index (χ1) is 14.4. The molecule has 0 radical (unpaired) electrons. The highest BCUT2D eigenvalue weighted by molar-refractivity contribution is 7.99. The SMILES string of the molecule is CC(C)CCn1c(SCC(=O)N2CCc3ccccc32)nc2cc(Cl)ccc2c1=O. The van der Waals surface area contributed by atoms with E-state index in [4.69, 9.17) is 11.6 Å². The molecule has 0 spiro atoms. The molecule has 2 heterocycles. The van der Waals surface area contributed by atoms with Crippen LogP contribution in [0.3, 0.4) is 0 Å². The third-order valence-corrected chi connectivity index (χ3v) is 6.52. The van der Waals surface area contributed by atoms with Gasteiger partial charge in [-0.3, -0.25) is 14.2 Å². The summed E-state index contributed by atoms with van der Waals surface area (Å²) < 4.78 is 1.70. The summed E-state index contributed by atoms with van der Waals surface area (Å²) in [6.07, 6.45) is 1.74. The van der Waals surface area contributed by atoms with Crippen LogP contribution in [0.2, 0.25) is 5.02 Å². The maximum absolute atomic E-state index is 13.1. The normalized spacial score (nSPS) is 13.3. The molecule has 0 saturated heterocycles. The fourth-order valence-electron chi connectivity index (χ4n) is 3.67. The number of anilines is 1. The second kappa shape index (κ2) is 8.82. The molecule has 156 valence electrons. The van der Waals surface area contributed by atoms with Gasteiger partial charge in [0, 0.05) is 23.8 Å². The summed E-state index contributed by atoms with van der Waals surface area (Å²) in [5.74, 6) is 0.716. The van der Waals surface area contributed by atoms with E-state index in [0.29, 0.717) is 40.1 Å². The van der Waals surface area contributed by atoms with Gasteiger partial charge in [-0.1, -0.05) is 55.4 Å². The predicted octanol–water partition coefficient (Wildman–Crippen LogP) is 4.78. The average molecular weight is 442 g/mol. The summed E-state index contributed by atoms with van der Waals surface area (Å²) in [6, 6.07) is 13.1. The monoisotopic (exact) mass is 441 g/mol. The van der Waals surface area contributed by atoms with Crippen molar-refractivity contribution in [2.75, 3.05) is 17.2 Å². The Balaban J connectivity index is 1.61. The lowest BCUT2D eigenvalue weighted by molar-refractivity contribution is -0.116. The Bertz CT molecular complexity index is 1160. The van der Waals surface area contributed by atoms with Crippen LogP contribution in [0.1, 0.15) is 25.8 Å². The summed E-state index contributed by atoms with van der Waals surface area (Å²) in [5, 5.41) is 1.65. The zero-order valence-corrected chi connectivity index (χ0v) is 18.7. The number of halogens is 1. The molecule has 0 aliphatic carbocycles. The van der Waals surface area contributed by atoms with Crippen LogP contribution in [0.5, 0.6) is 0 Å². The molecule has 1 aliphatic heterocycles. The summed E-state index contributed by atoms with van der Waals surface area (Å²) >= 11 is 7.43. The van der Waals surface area contributed by atoms with E-state index in [2.05, 4.69) is 24.9 Å². The van der Waals surface area contributed by atoms with E-state index in [0.717, 1.165) is 18.5 Å². The molecule has 3 aromatic rings. The smallest absolute Gasteiger partial charge is 0.262 e. The Morgan fingerprint density at radius 2 is 2.03 bits per heavy atom. The maximum atomic E-state index is 13.1. The molecule has 0 saturated carbocycles. The van der Waals surface area contributed by atoms with E-state index in [9.17, 15) is 9.59 Å². The Morgan fingerprint density at radius 1 is 1.23 bits per heavy atom. The lowest BCUT2D eigenvalue weighted by Crippen LogP contribution is -2.31. The Kier molecular flexibility index (Phi) is 6.16. The second-order valence-electron chi connectivity index (χ2n) is 7.91. The largest absolute Gasteiger partial charge is 0.311 e. The molecule has 2 aromatic carbocycles. The summed E-state index contributed by atoms with van der Waals surface area (Å²) in [6.45, 7) is 5.52. The van der Waals surface area contributed by atoms with E-state index < -0.39 is 0 Å². The van der Waals surface area contributed by atoms with Gasteiger partial charge in [-0.25, -0.2) is 4.98 Å². The van der Waals surface area contributed by atoms with Gasteiger partial charge in [0.2, 0.25) is 5.91 Å². The van der Waals surface area contributed by atoms with E-state index in [-0.39, 0.29) is 17.2 Å². The first kappa shape index (κ1) is 20.9. The quantitative estimate of drug-likeness (QED) is 0.408. The third kappa shape index (κ3) is 4.25. The van der Waals surface area contributed by atoms with Crippen LogP contribution in [0.25, 0.3) is 10.9 Å². The van der Waals surface area contributed by atoms with Gasteiger partial charge in [0.05, 0.1) is 16.7 Å². The number of hydrogen-bond donors (Lipinski definition) is 0. The van der Waals surface area contributed by atoms with E-state index in [1.54, 1.807) is 22.8 Å². The average Bonchev–Trinajstić information content (AvgIpc) is 3.15. The first-order valence-electron chi connectivity index (χ1n) is 10.1. The van der Waals surface area contributed by atoms with E-state index >= 15 is 0 Å². The standard InChI is InChI=1S/C23H24ClN3O2S/c1-15(2)9-11-27-22(29)18-8-7-17(24)13-19(18)25-23(27)30-14-21(28)26-12-10-16-5-3-4-6-20(16)26/h3-8,13,15H,9-12,14H2,1-2H3. The Morgan fingerprint density at radius 3 is 2.83 bits per heavy atom. The van der Waals surface area contributed by atoms with Crippen molar-refractivity contribution in [3.8, 4) is 0 Å². The fourth-order valence-corrected chi connectivity index (χ4v) is 4.74. The van der Waals surface area contributed by atoms with Crippen LogP contribution in [0.4, 0.5) is 5.69 Å². The molecule has 0 N–H and O–H groups in total. The maximum Gasteiger partial charge on any atom is 0.262 e. The number of nitrogens with zero attached hydrogens (tertiary/aromatic N) is 3. The molecular weight excluding hydrogens is 418 g/mol. The molecule has 0 atom stereocenters. The second-order valence-corrected chi connectivity index (χ2v) is 9.29. The van der Waals surface area contributed by atoms with Gasteiger partial charge in [0.25, 0.3) is 5.56 Å². The minimum atomic E-state index is -0.0845. The number of para-hydroxylation sites is 1. The number of benzene rings is 2. The lowest BCUT2D eigenvalue weighted by Gasteiger charge is -2.18. The summed E-state index contributed by atoms with van der Waals surface area (Å²) in [7, 11) is 0. The fraction of sp³-hybridized carbons (Fsp3) is 0.348. The highest BCUT2D eigenvalue weighted by atomic mass is 35.5. The van der Waals surface area contributed by atoms with Gasteiger partial charge < -0.3 is 4.90 Å². The van der Waals surface area contributed by atoms with Crippen LogP contribution in [-0.4, -0.2) is 27.8 Å². The predicted molar refractivity (Wildman–Crippen MR) is 124 cm³/mol. The van der Waals surface area contributed by atoms with Crippen molar-refractivity contribution in [2.24, 2.45) is 5.92 Å². The first-order valence-corrected chi connectivity index (χ1v) is 11.5. The number of carbonyl (C=O) groups is 1. The molecule has 0 fully saturated rings. The van der Waals surface area contributed by atoms with Crippen LogP contribution < -0.4 is 10.5 Å². The minimum Gasteiger partial charge on any atom is -0.311 e. The minimum absolute atomic E-state index is 0.0285. The van der Waals surface area contributed by atoms with Crippen LogP contribution in [0, 0.1) is 5.92 Å². The van der Waals surface area contributed by atoms with Gasteiger partial charge in [-0.05, 0) is 48.6 Å². The summed E-state index contributed by atoms with van der Waals surface area (Å²) in [4.78, 5) is 32.6. The van der Waals surface area contributed by atoms with Crippen molar-refractivity contribution >= 4 is 45.9 Å². The molecule has 0 unspecified atom stereocenters. The van der Waals surface area contributed by atoms with Crippen molar-refractivity contribution in [3.05, 3.63) is 63.4 Å². The Hall–Kier alpha value is -2.31. The van der Waals surface area contributed by atoms with Gasteiger partial charge in [0.15, 0.2) is 5.16 Å². The molecule has 5 nitrogen and oxygen atoms in total. The third-order valence-electron chi connectivity index (χ3n) is 5.33. The van der Waals surface area contributed by atoms with Gasteiger partial charge in [0.1, 0.15) is 0 Å². The van der Waals surface area contributed by atoms with Gasteiger partial charge >= 0.3 is 0 Å². The Labute approximate surface area is 185 Å². The molecule has 30 heavy (non-hydrogen) atoms. The van der Waals surface area contributed by atoms with Crippen LogP contribution >= 0.6 is 23.4 Å². The van der Waals surface area contributed by atoms with Gasteiger partial charge in [-0.2, -0.15) is 0 Å². The summed E-state index contributed by atoms with van der Waals surface area (Å²) in [5.41, 5.74) is 2.66. The molecular formula is C23H24ClN3O2S. The zero-order chi connectivity index (χ0) is 21.3. The number of hydrogen-bond acceptors (Lipinski definition) is 4. The van der Waals surface area contributed by atoms with Crippen molar-refractivity contribution in [1.82, 2.24) is 9.55 Å². The molecule has 0 bridgehead atoms. The number of fused-ring (bicyclic) bond motifs is 2. The highest BCUT2D eigenvalue weighted by Gasteiger charge is 2.24. The topological polar surface area (TPSA) is 55.2 Å². The van der Waals surface area contributed by atoms with Crippen molar-refractivity contribution in [2.45, 2.75) is 38.4 Å². The molecule has 1 aliphatic rings. The van der Waals surface area contributed by atoms with Crippen LogP contribution in [-0.2, 0) is 17.8 Å². The van der Waals surface area contributed by atoms with E-state index in [1.165, 1.54) is 17.3 Å². The van der Waals surface area contributed by atoms with E-state index in [1.807, 2.05) is 23.1 Å². The van der Waals surface area contributed by atoms with Gasteiger partial charge in [-0.15, -0.1) is 0 Å². The number of carbonyl (C=O) groups excluding carboxylic acids is 1. The number of rotatable bonds is 6. The zero-order valence-electron chi connectivity index (χ0n) is 17.1. The highest BCUT2D eigenvalue weighted by Crippen LogP contribution is 2.29. The molecule has 1 amide bonds. The number of amides is 1. The molecule has 7 heteroatoms.